The first-order chi connectivity index (χ1) is 10.2. The van der Waals surface area contributed by atoms with Crippen LogP contribution in [-0.4, -0.2) is 18.7 Å². The smallest absolute Gasteiger partial charge is 0.138 e. The van der Waals surface area contributed by atoms with Gasteiger partial charge in [-0.1, -0.05) is 50.4 Å². The van der Waals surface area contributed by atoms with Gasteiger partial charge in [0.1, 0.15) is 11.9 Å². The molecule has 1 aliphatic rings. The van der Waals surface area contributed by atoms with E-state index in [1.807, 2.05) is 24.3 Å². The van der Waals surface area contributed by atoms with Crippen LogP contribution in [0.5, 0.6) is 5.75 Å². The molecule has 3 atom stereocenters. The third-order valence-electron chi connectivity index (χ3n) is 4.37. The topological polar surface area (TPSA) is 21.3 Å². The van der Waals surface area contributed by atoms with E-state index in [9.17, 15) is 0 Å². The Morgan fingerprint density at radius 2 is 2.00 bits per heavy atom. The predicted molar refractivity (Wildman–Crippen MR) is 90.2 cm³/mol. The molecular weight excluding hydrogens is 282 g/mol. The molecule has 2 rings (SSSR count). The summed E-state index contributed by atoms with van der Waals surface area (Å²) in [6.45, 7) is 5.54. The maximum absolute atomic E-state index is 6.28. The van der Waals surface area contributed by atoms with Gasteiger partial charge in [-0.05, 0) is 50.3 Å². The van der Waals surface area contributed by atoms with Crippen LogP contribution in [0.1, 0.15) is 52.4 Å². The first-order valence-electron chi connectivity index (χ1n) is 8.39. The minimum Gasteiger partial charge on any atom is -0.487 e. The minimum atomic E-state index is 0.238. The molecule has 1 aromatic rings. The molecule has 0 heterocycles. The molecule has 0 amide bonds. The lowest BCUT2D eigenvalue weighted by molar-refractivity contribution is 0.0834. The van der Waals surface area contributed by atoms with E-state index in [4.69, 9.17) is 16.3 Å². The summed E-state index contributed by atoms with van der Waals surface area (Å²) < 4.78 is 6.28. The molecule has 3 unspecified atom stereocenters. The van der Waals surface area contributed by atoms with Crippen LogP contribution in [-0.2, 0) is 0 Å². The number of para-hydroxylation sites is 1. The van der Waals surface area contributed by atoms with Crippen molar-refractivity contribution in [1.82, 2.24) is 5.32 Å². The molecule has 1 N–H and O–H groups in total. The lowest BCUT2D eigenvalue weighted by Gasteiger charge is -2.37. The first-order valence-corrected chi connectivity index (χ1v) is 8.77. The first kappa shape index (κ1) is 16.6. The van der Waals surface area contributed by atoms with E-state index in [1.54, 1.807) is 0 Å². The van der Waals surface area contributed by atoms with Crippen LogP contribution in [0.15, 0.2) is 24.3 Å². The summed E-state index contributed by atoms with van der Waals surface area (Å²) >= 11 is 6.25. The minimum absolute atomic E-state index is 0.238. The Kier molecular flexibility index (Phi) is 6.85. The van der Waals surface area contributed by atoms with E-state index in [2.05, 4.69) is 19.2 Å². The lowest BCUT2D eigenvalue weighted by atomic mass is 9.81. The van der Waals surface area contributed by atoms with Gasteiger partial charge < -0.3 is 10.1 Å². The average molecular weight is 310 g/mol. The van der Waals surface area contributed by atoms with E-state index in [0.717, 1.165) is 31.1 Å². The highest BCUT2D eigenvalue weighted by atomic mass is 35.5. The molecule has 3 heteroatoms. The largest absolute Gasteiger partial charge is 0.487 e. The van der Waals surface area contributed by atoms with Gasteiger partial charge in [0.25, 0.3) is 0 Å². The van der Waals surface area contributed by atoms with Crippen molar-refractivity contribution < 1.29 is 4.74 Å². The highest BCUT2D eigenvalue weighted by molar-refractivity contribution is 6.32. The van der Waals surface area contributed by atoms with Crippen LogP contribution in [0.25, 0.3) is 0 Å². The Hall–Kier alpha value is -0.730. The SMILES string of the molecule is CCCNC1CCC(CCC)CC1Oc1ccccc1Cl. The van der Waals surface area contributed by atoms with Crippen LogP contribution < -0.4 is 10.1 Å². The number of hydrogen-bond donors (Lipinski definition) is 1. The molecule has 118 valence electrons. The quantitative estimate of drug-likeness (QED) is 0.760. The predicted octanol–water partition coefficient (Wildman–Crippen LogP) is 5.06. The Bertz CT molecular complexity index is 423. The standard InChI is InChI=1S/C18H28ClNO/c1-3-7-14-10-11-16(20-12-4-2)18(13-14)21-17-9-6-5-8-15(17)19/h5-6,8-9,14,16,18,20H,3-4,7,10-13H2,1-2H3. The third kappa shape index (κ3) is 4.89. The van der Waals surface area contributed by atoms with Crippen LogP contribution >= 0.6 is 11.6 Å². The summed E-state index contributed by atoms with van der Waals surface area (Å²) in [5.74, 6) is 1.62. The number of rotatable bonds is 7. The maximum atomic E-state index is 6.28. The Morgan fingerprint density at radius 3 is 2.71 bits per heavy atom. The molecular formula is C18H28ClNO. The van der Waals surface area contributed by atoms with Crippen LogP contribution in [0, 0.1) is 5.92 Å². The number of ether oxygens (including phenoxy) is 1. The third-order valence-corrected chi connectivity index (χ3v) is 4.68. The molecule has 1 fully saturated rings. The lowest BCUT2D eigenvalue weighted by Crippen LogP contribution is -2.47. The van der Waals surface area contributed by atoms with Gasteiger partial charge in [-0.15, -0.1) is 0 Å². The monoisotopic (exact) mass is 309 g/mol. The van der Waals surface area contributed by atoms with E-state index in [1.165, 1.54) is 25.7 Å². The zero-order valence-electron chi connectivity index (χ0n) is 13.3. The molecule has 1 aliphatic carbocycles. The maximum Gasteiger partial charge on any atom is 0.138 e. The van der Waals surface area contributed by atoms with Crippen LogP contribution in [0.3, 0.4) is 0 Å². The van der Waals surface area contributed by atoms with E-state index in [0.29, 0.717) is 11.1 Å². The van der Waals surface area contributed by atoms with Gasteiger partial charge in [0.15, 0.2) is 0 Å². The fraction of sp³-hybridized carbons (Fsp3) is 0.667. The van der Waals surface area contributed by atoms with Gasteiger partial charge in [-0.3, -0.25) is 0 Å². The van der Waals surface area contributed by atoms with Crippen molar-refractivity contribution in [2.45, 2.75) is 64.5 Å². The van der Waals surface area contributed by atoms with Crippen LogP contribution in [0.2, 0.25) is 5.02 Å². The highest BCUT2D eigenvalue weighted by Gasteiger charge is 2.31. The molecule has 0 aliphatic heterocycles. The molecule has 0 radical (unpaired) electrons. The normalized spacial score (nSPS) is 25.8. The van der Waals surface area contributed by atoms with Crippen LogP contribution in [0.4, 0.5) is 0 Å². The number of halogens is 1. The molecule has 0 bridgehead atoms. The zero-order valence-corrected chi connectivity index (χ0v) is 14.0. The molecule has 0 aromatic heterocycles. The summed E-state index contributed by atoms with van der Waals surface area (Å²) in [5.41, 5.74) is 0. The van der Waals surface area contributed by atoms with E-state index < -0.39 is 0 Å². The fourth-order valence-electron chi connectivity index (χ4n) is 3.28. The van der Waals surface area contributed by atoms with E-state index in [-0.39, 0.29) is 6.10 Å². The van der Waals surface area contributed by atoms with Crippen molar-refractivity contribution in [2.24, 2.45) is 5.92 Å². The van der Waals surface area contributed by atoms with Gasteiger partial charge >= 0.3 is 0 Å². The fourth-order valence-corrected chi connectivity index (χ4v) is 3.46. The van der Waals surface area contributed by atoms with Crippen molar-refractivity contribution >= 4 is 11.6 Å². The summed E-state index contributed by atoms with van der Waals surface area (Å²) in [6.07, 6.45) is 7.63. The van der Waals surface area contributed by atoms with Gasteiger partial charge in [0, 0.05) is 6.04 Å². The molecule has 2 nitrogen and oxygen atoms in total. The van der Waals surface area contributed by atoms with Gasteiger partial charge in [-0.2, -0.15) is 0 Å². The summed E-state index contributed by atoms with van der Waals surface area (Å²) in [7, 11) is 0. The van der Waals surface area contributed by atoms with Crippen molar-refractivity contribution in [3.63, 3.8) is 0 Å². The van der Waals surface area contributed by atoms with E-state index >= 15 is 0 Å². The van der Waals surface area contributed by atoms with Crippen molar-refractivity contribution in [1.29, 1.82) is 0 Å². The second kappa shape index (κ2) is 8.65. The highest BCUT2D eigenvalue weighted by Crippen LogP contribution is 2.33. The molecule has 0 spiro atoms. The number of nitrogens with one attached hydrogen (secondary N) is 1. The second-order valence-corrected chi connectivity index (χ2v) is 6.52. The molecule has 1 aromatic carbocycles. The van der Waals surface area contributed by atoms with Crippen molar-refractivity contribution in [2.75, 3.05) is 6.54 Å². The van der Waals surface area contributed by atoms with Gasteiger partial charge in [0.05, 0.1) is 5.02 Å². The van der Waals surface area contributed by atoms with Crippen molar-refractivity contribution in [3.05, 3.63) is 29.3 Å². The summed E-state index contributed by atoms with van der Waals surface area (Å²) in [4.78, 5) is 0. The van der Waals surface area contributed by atoms with Gasteiger partial charge in [-0.25, -0.2) is 0 Å². The number of hydrogen-bond acceptors (Lipinski definition) is 2. The van der Waals surface area contributed by atoms with Crippen molar-refractivity contribution in [3.8, 4) is 5.75 Å². The molecule has 21 heavy (non-hydrogen) atoms. The summed E-state index contributed by atoms with van der Waals surface area (Å²) in [5, 5.41) is 4.37. The number of benzene rings is 1. The summed E-state index contributed by atoms with van der Waals surface area (Å²) in [6, 6.07) is 8.26. The Labute approximate surface area is 134 Å². The Morgan fingerprint density at radius 1 is 1.19 bits per heavy atom. The zero-order chi connectivity index (χ0) is 15.1. The molecule has 1 saturated carbocycles. The Balaban J connectivity index is 2.03. The van der Waals surface area contributed by atoms with Gasteiger partial charge in [0.2, 0.25) is 0 Å². The second-order valence-electron chi connectivity index (χ2n) is 6.12. The molecule has 0 saturated heterocycles. The average Bonchev–Trinajstić information content (AvgIpc) is 2.49.